The predicted octanol–water partition coefficient (Wildman–Crippen LogP) is 4.04. The molecule has 6 rings (SSSR count). The summed E-state index contributed by atoms with van der Waals surface area (Å²) < 4.78 is 13.6. The van der Waals surface area contributed by atoms with E-state index in [-0.39, 0.29) is 34.9 Å². The number of rotatable bonds is 2. The summed E-state index contributed by atoms with van der Waals surface area (Å²) in [6.45, 7) is 0. The Balaban J connectivity index is 1.60. The smallest absolute Gasteiger partial charge is 0.258 e. The van der Waals surface area contributed by atoms with Crippen LogP contribution in [0.5, 0.6) is 5.75 Å². The van der Waals surface area contributed by atoms with Gasteiger partial charge >= 0.3 is 0 Å². The van der Waals surface area contributed by atoms with Crippen LogP contribution in [0.2, 0.25) is 5.02 Å². The number of phenols is 1. The van der Waals surface area contributed by atoms with E-state index in [4.69, 9.17) is 34.8 Å². The molecule has 2 N–H and O–H groups in total. The highest BCUT2D eigenvalue weighted by Gasteiger charge is 2.76. The highest BCUT2D eigenvalue weighted by Crippen LogP contribution is 2.66. The number of hydrogen-bond acceptors (Lipinski definition) is 5. The quantitative estimate of drug-likeness (QED) is 0.326. The summed E-state index contributed by atoms with van der Waals surface area (Å²) in [7, 11) is 0. The standard InChI is InChI=1S/C26H18Cl3FN2O5/c27-11-1-8-18(33)16(9-11)20-14-6-7-15-19(22(35)31-21(15)34)17(14)10-25(28)23(36)32(24(37)26(20,25)29)13-4-2-12(30)3-5-13/h1-6,8-9,15,17,19-20,33H,7,10H2,(H,31,34,35). The Morgan fingerprint density at radius 1 is 0.973 bits per heavy atom. The van der Waals surface area contributed by atoms with Gasteiger partial charge in [-0.2, -0.15) is 0 Å². The molecule has 2 saturated heterocycles. The molecule has 0 spiro atoms. The van der Waals surface area contributed by atoms with Crippen LogP contribution in [0, 0.1) is 23.6 Å². The van der Waals surface area contributed by atoms with E-state index < -0.39 is 62.9 Å². The third-order valence-electron chi connectivity index (χ3n) is 8.04. The molecule has 2 aliphatic heterocycles. The lowest BCUT2D eigenvalue weighted by Crippen LogP contribution is -2.60. The summed E-state index contributed by atoms with van der Waals surface area (Å²) in [6, 6.07) is 8.96. The minimum Gasteiger partial charge on any atom is -0.508 e. The first-order valence-corrected chi connectivity index (χ1v) is 12.7. The van der Waals surface area contributed by atoms with Gasteiger partial charge in [0.25, 0.3) is 11.8 Å². The zero-order chi connectivity index (χ0) is 26.4. The number of nitrogens with zero attached hydrogens (tertiary/aromatic N) is 1. The van der Waals surface area contributed by atoms with Gasteiger partial charge in [0.05, 0.1) is 17.5 Å². The number of aromatic hydroxyl groups is 1. The fraction of sp³-hybridized carbons (Fsp3) is 0.308. The summed E-state index contributed by atoms with van der Waals surface area (Å²) in [4.78, 5) is 50.0. The fourth-order valence-electron chi connectivity index (χ4n) is 6.41. The van der Waals surface area contributed by atoms with E-state index in [0.29, 0.717) is 5.57 Å². The van der Waals surface area contributed by atoms with E-state index in [1.807, 2.05) is 0 Å². The average Bonchev–Trinajstić information content (AvgIpc) is 3.23. The van der Waals surface area contributed by atoms with Crippen LogP contribution in [0.25, 0.3) is 0 Å². The van der Waals surface area contributed by atoms with E-state index in [1.54, 1.807) is 6.08 Å². The van der Waals surface area contributed by atoms with E-state index in [9.17, 15) is 28.7 Å². The number of phenolic OH excluding ortho intramolecular Hbond substituents is 1. The van der Waals surface area contributed by atoms with Gasteiger partial charge in [0.15, 0.2) is 9.75 Å². The van der Waals surface area contributed by atoms with E-state index in [0.717, 1.165) is 17.0 Å². The lowest BCUT2D eigenvalue weighted by atomic mass is 9.56. The van der Waals surface area contributed by atoms with Gasteiger partial charge in [0.1, 0.15) is 11.6 Å². The number of halogens is 4. The van der Waals surface area contributed by atoms with Crippen LogP contribution in [0.1, 0.15) is 24.3 Å². The van der Waals surface area contributed by atoms with Gasteiger partial charge in [-0.15, -0.1) is 23.2 Å². The molecule has 0 bridgehead atoms. The minimum atomic E-state index is -2.13. The number of alkyl halides is 2. The van der Waals surface area contributed by atoms with Gasteiger partial charge in [0.2, 0.25) is 11.8 Å². The topological polar surface area (TPSA) is 104 Å². The molecule has 190 valence electrons. The molecule has 2 heterocycles. The number of benzene rings is 2. The second-order valence-corrected chi connectivity index (χ2v) is 11.5. The molecule has 4 aliphatic rings. The number of amides is 4. The number of anilines is 1. The van der Waals surface area contributed by atoms with Crippen molar-refractivity contribution < 1.29 is 28.7 Å². The monoisotopic (exact) mass is 562 g/mol. The molecular weight excluding hydrogens is 546 g/mol. The first-order chi connectivity index (χ1) is 17.5. The van der Waals surface area contributed by atoms with Crippen molar-refractivity contribution in [3.63, 3.8) is 0 Å². The molecule has 2 aliphatic carbocycles. The van der Waals surface area contributed by atoms with Crippen LogP contribution in [0.3, 0.4) is 0 Å². The normalized spacial score (nSPS) is 34.6. The Kier molecular flexibility index (Phi) is 5.29. The third-order valence-corrected chi connectivity index (χ3v) is 9.69. The third kappa shape index (κ3) is 3.12. The average molecular weight is 564 g/mol. The van der Waals surface area contributed by atoms with Crippen molar-refractivity contribution in [3.8, 4) is 5.75 Å². The Labute approximate surface area is 225 Å². The summed E-state index contributed by atoms with van der Waals surface area (Å²) in [5.74, 6) is -6.74. The number of nitrogens with one attached hydrogen (secondary N) is 1. The van der Waals surface area contributed by atoms with Crippen LogP contribution in [0.15, 0.2) is 54.1 Å². The Hall–Kier alpha value is -2.94. The lowest BCUT2D eigenvalue weighted by molar-refractivity contribution is -0.127. The molecule has 2 aromatic carbocycles. The zero-order valence-electron chi connectivity index (χ0n) is 18.9. The zero-order valence-corrected chi connectivity index (χ0v) is 21.1. The summed E-state index contributed by atoms with van der Waals surface area (Å²) in [6.07, 6.45) is 1.75. The number of carbonyl (C=O) groups is 4. The van der Waals surface area contributed by atoms with Crippen LogP contribution >= 0.6 is 34.8 Å². The molecule has 0 radical (unpaired) electrons. The van der Waals surface area contributed by atoms with Gasteiger partial charge in [-0.25, -0.2) is 9.29 Å². The van der Waals surface area contributed by atoms with Gasteiger partial charge in [-0.3, -0.25) is 24.5 Å². The van der Waals surface area contributed by atoms with Crippen molar-refractivity contribution in [1.82, 2.24) is 5.32 Å². The molecule has 3 fully saturated rings. The SMILES string of the molecule is O=C1NC(=O)C2C1CC=C1C2CC2(Cl)C(=O)N(c3ccc(F)cc3)C(=O)C2(Cl)C1c1cc(Cl)ccc1O. The highest BCUT2D eigenvalue weighted by molar-refractivity contribution is 6.58. The number of fused-ring (bicyclic) bond motifs is 4. The van der Waals surface area contributed by atoms with Crippen molar-refractivity contribution in [2.45, 2.75) is 28.5 Å². The Bertz CT molecular complexity index is 1450. The molecule has 6 unspecified atom stereocenters. The van der Waals surface area contributed by atoms with Crippen LogP contribution in [-0.2, 0) is 19.2 Å². The van der Waals surface area contributed by atoms with Crippen LogP contribution in [-0.4, -0.2) is 38.5 Å². The fourth-order valence-corrected chi connectivity index (χ4v) is 7.52. The number of carbonyl (C=O) groups excluding carboxylic acids is 4. The maximum atomic E-state index is 14.1. The maximum absolute atomic E-state index is 14.1. The van der Waals surface area contributed by atoms with Crippen molar-refractivity contribution in [3.05, 3.63) is 70.5 Å². The van der Waals surface area contributed by atoms with Crippen LogP contribution in [0.4, 0.5) is 10.1 Å². The lowest BCUT2D eigenvalue weighted by Gasteiger charge is -2.50. The second-order valence-electron chi connectivity index (χ2n) is 9.81. The molecule has 0 aromatic heterocycles. The van der Waals surface area contributed by atoms with Crippen molar-refractivity contribution in [2.24, 2.45) is 17.8 Å². The molecule has 11 heteroatoms. The largest absolute Gasteiger partial charge is 0.508 e. The molecule has 37 heavy (non-hydrogen) atoms. The van der Waals surface area contributed by atoms with Gasteiger partial charge in [0, 0.05) is 16.5 Å². The van der Waals surface area contributed by atoms with Gasteiger partial charge < -0.3 is 5.11 Å². The molecule has 6 atom stereocenters. The second kappa shape index (κ2) is 8.03. The first-order valence-electron chi connectivity index (χ1n) is 11.5. The Morgan fingerprint density at radius 2 is 1.68 bits per heavy atom. The van der Waals surface area contributed by atoms with E-state index in [1.165, 1.54) is 30.3 Å². The summed E-state index contributed by atoms with van der Waals surface area (Å²) in [5, 5.41) is 13.5. The summed E-state index contributed by atoms with van der Waals surface area (Å²) >= 11 is 20.6. The van der Waals surface area contributed by atoms with Gasteiger partial charge in [-0.05, 0) is 61.2 Å². The Morgan fingerprint density at radius 3 is 2.38 bits per heavy atom. The number of hydrogen-bond donors (Lipinski definition) is 2. The maximum Gasteiger partial charge on any atom is 0.258 e. The predicted molar refractivity (Wildman–Crippen MR) is 133 cm³/mol. The van der Waals surface area contributed by atoms with Crippen molar-refractivity contribution in [1.29, 1.82) is 0 Å². The summed E-state index contributed by atoms with van der Waals surface area (Å²) in [5.41, 5.74) is 0.759. The molecule has 2 aromatic rings. The number of imide groups is 2. The number of allylic oxidation sites excluding steroid dienone is 2. The minimum absolute atomic E-state index is 0.0727. The molecule has 1 saturated carbocycles. The van der Waals surface area contributed by atoms with Crippen LogP contribution < -0.4 is 10.2 Å². The van der Waals surface area contributed by atoms with E-state index >= 15 is 0 Å². The first kappa shape index (κ1) is 24.4. The highest BCUT2D eigenvalue weighted by atomic mass is 35.5. The molecule has 4 amide bonds. The van der Waals surface area contributed by atoms with E-state index in [2.05, 4.69) is 5.32 Å². The molecule has 7 nitrogen and oxygen atoms in total. The van der Waals surface area contributed by atoms with Gasteiger partial charge in [-0.1, -0.05) is 23.3 Å². The van der Waals surface area contributed by atoms with Crippen molar-refractivity contribution in [2.75, 3.05) is 4.90 Å². The molecular formula is C26H18Cl3FN2O5. The van der Waals surface area contributed by atoms with Crippen molar-refractivity contribution >= 4 is 64.1 Å².